The Kier molecular flexibility index (Phi) is 8.72. The third kappa shape index (κ3) is 5.99. The first-order valence-corrected chi connectivity index (χ1v) is 12.8. The monoisotopic (exact) mass is 390 g/mol. The van der Waals surface area contributed by atoms with E-state index in [2.05, 4.69) is 20.8 Å². The molecule has 162 valence electrons. The molecule has 3 rings (SSSR count). The number of hydrogen-bond donors (Lipinski definition) is 0. The highest BCUT2D eigenvalue weighted by molar-refractivity contribution is 5.72. The van der Waals surface area contributed by atoms with Crippen LogP contribution in [0.2, 0.25) is 0 Å². The molecule has 2 nitrogen and oxygen atoms in total. The largest absolute Gasteiger partial charge is 0.462 e. The van der Waals surface area contributed by atoms with Gasteiger partial charge in [0.2, 0.25) is 0 Å². The molecule has 0 amide bonds. The van der Waals surface area contributed by atoms with Crippen LogP contribution in [-0.2, 0) is 9.53 Å². The van der Waals surface area contributed by atoms with Gasteiger partial charge < -0.3 is 4.74 Å². The molecule has 3 saturated carbocycles. The Hall–Kier alpha value is -0.530. The molecule has 3 atom stereocenters. The van der Waals surface area contributed by atoms with Crippen LogP contribution in [0.15, 0.2) is 0 Å². The summed E-state index contributed by atoms with van der Waals surface area (Å²) >= 11 is 0. The summed E-state index contributed by atoms with van der Waals surface area (Å²) in [4.78, 5) is 12.7. The average Bonchev–Trinajstić information content (AvgIpc) is 2.73. The summed E-state index contributed by atoms with van der Waals surface area (Å²) in [7, 11) is 0. The predicted octanol–water partition coefficient (Wildman–Crippen LogP) is 7.55. The minimum atomic E-state index is 0.134. The summed E-state index contributed by atoms with van der Waals surface area (Å²) < 4.78 is 5.94. The zero-order valence-electron chi connectivity index (χ0n) is 19.0. The van der Waals surface area contributed by atoms with Crippen molar-refractivity contribution in [2.24, 2.45) is 35.5 Å². The molecule has 0 aromatic carbocycles. The van der Waals surface area contributed by atoms with Crippen LogP contribution in [0.5, 0.6) is 0 Å². The predicted molar refractivity (Wildman–Crippen MR) is 117 cm³/mol. The summed E-state index contributed by atoms with van der Waals surface area (Å²) in [6.45, 7) is 7.11. The molecule has 0 aromatic rings. The van der Waals surface area contributed by atoms with Crippen molar-refractivity contribution in [3.8, 4) is 0 Å². The van der Waals surface area contributed by atoms with Crippen molar-refractivity contribution in [3.05, 3.63) is 0 Å². The molecule has 3 aliphatic carbocycles. The van der Waals surface area contributed by atoms with E-state index in [1.165, 1.54) is 70.6 Å². The fraction of sp³-hybridized carbons (Fsp3) is 0.962. The van der Waals surface area contributed by atoms with Gasteiger partial charge in [-0.15, -0.1) is 0 Å². The molecule has 28 heavy (non-hydrogen) atoms. The van der Waals surface area contributed by atoms with Crippen LogP contribution < -0.4 is 0 Å². The summed E-state index contributed by atoms with van der Waals surface area (Å²) in [6.07, 6.45) is 19.4. The van der Waals surface area contributed by atoms with Crippen molar-refractivity contribution in [1.82, 2.24) is 0 Å². The fourth-order valence-corrected chi connectivity index (χ4v) is 6.69. The molecule has 0 aliphatic heterocycles. The molecule has 0 saturated heterocycles. The van der Waals surface area contributed by atoms with Gasteiger partial charge in [-0.3, -0.25) is 4.79 Å². The van der Waals surface area contributed by atoms with E-state index in [0.29, 0.717) is 0 Å². The van der Waals surface area contributed by atoms with Gasteiger partial charge >= 0.3 is 5.97 Å². The minimum absolute atomic E-state index is 0.134. The zero-order valence-corrected chi connectivity index (χ0v) is 19.0. The molecule has 0 N–H and O–H groups in total. The van der Waals surface area contributed by atoms with Gasteiger partial charge in [0.25, 0.3) is 0 Å². The van der Waals surface area contributed by atoms with Crippen molar-refractivity contribution in [2.45, 2.75) is 123 Å². The number of esters is 1. The van der Waals surface area contributed by atoms with Gasteiger partial charge in [-0.05, 0) is 93.8 Å². The topological polar surface area (TPSA) is 26.3 Å². The highest BCUT2D eigenvalue weighted by Gasteiger charge is 2.37. The van der Waals surface area contributed by atoms with Crippen molar-refractivity contribution in [2.75, 3.05) is 0 Å². The highest BCUT2D eigenvalue weighted by Crippen LogP contribution is 2.45. The fourth-order valence-electron chi connectivity index (χ4n) is 6.69. The lowest BCUT2D eigenvalue weighted by molar-refractivity contribution is -0.157. The van der Waals surface area contributed by atoms with Crippen molar-refractivity contribution >= 4 is 5.97 Å². The summed E-state index contributed by atoms with van der Waals surface area (Å²) in [5, 5.41) is 0. The Bertz CT molecular complexity index is 457. The first-order valence-electron chi connectivity index (χ1n) is 12.8. The van der Waals surface area contributed by atoms with E-state index in [9.17, 15) is 4.79 Å². The Morgan fingerprint density at radius 3 is 2.14 bits per heavy atom. The van der Waals surface area contributed by atoms with E-state index in [4.69, 9.17) is 4.74 Å². The van der Waals surface area contributed by atoms with Gasteiger partial charge in [-0.2, -0.15) is 0 Å². The van der Waals surface area contributed by atoms with E-state index in [0.717, 1.165) is 55.3 Å². The van der Waals surface area contributed by atoms with E-state index >= 15 is 0 Å². The van der Waals surface area contributed by atoms with E-state index in [-0.39, 0.29) is 18.0 Å². The van der Waals surface area contributed by atoms with E-state index in [1.807, 2.05) is 0 Å². The molecule has 0 radical (unpaired) electrons. The number of unbranched alkanes of at least 4 members (excludes halogenated alkanes) is 1. The molecule has 0 aromatic heterocycles. The molecule has 3 fully saturated rings. The molecule has 3 aliphatic rings. The van der Waals surface area contributed by atoms with Gasteiger partial charge in [0, 0.05) is 0 Å². The van der Waals surface area contributed by atoms with Gasteiger partial charge in [0.15, 0.2) is 0 Å². The SMILES string of the molecule is CCCC[C@H]1CC[C@@H]([C@H]2CC[C@H](C(=O)OC3CCC(CC)CC3)CC2)[C@H](C)C1. The number of carbonyl (C=O) groups is 1. The second-order valence-corrected chi connectivity index (χ2v) is 10.6. The first kappa shape index (κ1) is 22.2. The van der Waals surface area contributed by atoms with Crippen LogP contribution in [0.4, 0.5) is 0 Å². The maximum Gasteiger partial charge on any atom is 0.309 e. The smallest absolute Gasteiger partial charge is 0.309 e. The zero-order chi connectivity index (χ0) is 19.9. The number of ether oxygens (including phenoxy) is 1. The normalized spacial score (nSPS) is 39.5. The Morgan fingerprint density at radius 2 is 1.54 bits per heavy atom. The Balaban J connectivity index is 1.38. The molecule has 2 heteroatoms. The molecule has 0 heterocycles. The first-order chi connectivity index (χ1) is 13.6. The Labute approximate surface area is 174 Å². The lowest BCUT2D eigenvalue weighted by Crippen LogP contribution is -2.34. The van der Waals surface area contributed by atoms with Crippen LogP contribution in [0.3, 0.4) is 0 Å². The van der Waals surface area contributed by atoms with E-state index in [1.54, 1.807) is 0 Å². The molecular formula is C26H46O2. The molecule has 0 unspecified atom stereocenters. The third-order valence-electron chi connectivity index (χ3n) is 8.67. The van der Waals surface area contributed by atoms with Gasteiger partial charge in [0.05, 0.1) is 5.92 Å². The van der Waals surface area contributed by atoms with Crippen LogP contribution in [0.25, 0.3) is 0 Å². The van der Waals surface area contributed by atoms with Crippen LogP contribution in [0.1, 0.15) is 117 Å². The average molecular weight is 391 g/mol. The molecular weight excluding hydrogens is 344 g/mol. The number of rotatable bonds is 7. The van der Waals surface area contributed by atoms with Crippen molar-refractivity contribution < 1.29 is 9.53 Å². The second-order valence-electron chi connectivity index (χ2n) is 10.6. The van der Waals surface area contributed by atoms with Crippen LogP contribution in [0, 0.1) is 35.5 Å². The number of hydrogen-bond acceptors (Lipinski definition) is 2. The second kappa shape index (κ2) is 11.0. The summed E-state index contributed by atoms with van der Waals surface area (Å²) in [6, 6.07) is 0. The molecule has 0 bridgehead atoms. The lowest BCUT2D eigenvalue weighted by atomic mass is 9.64. The van der Waals surface area contributed by atoms with E-state index < -0.39 is 0 Å². The van der Waals surface area contributed by atoms with Crippen molar-refractivity contribution in [1.29, 1.82) is 0 Å². The maximum atomic E-state index is 12.7. The minimum Gasteiger partial charge on any atom is -0.462 e. The summed E-state index contributed by atoms with van der Waals surface area (Å²) in [5.74, 6) is 4.85. The third-order valence-corrected chi connectivity index (χ3v) is 8.67. The summed E-state index contributed by atoms with van der Waals surface area (Å²) in [5.41, 5.74) is 0. The quantitative estimate of drug-likeness (QED) is 0.419. The van der Waals surface area contributed by atoms with Gasteiger partial charge in [-0.25, -0.2) is 0 Å². The number of carbonyl (C=O) groups excluding carboxylic acids is 1. The standard InChI is InChI=1S/C26H46O2/c1-4-6-7-21-10-17-25(19(3)18-21)22-11-13-23(14-12-22)26(27)28-24-15-8-20(5-2)9-16-24/h19-25H,4-18H2,1-3H3/t19-,20?,21+,22-,23-,24?,25-/m1/s1. The lowest BCUT2D eigenvalue weighted by Gasteiger charge is -2.41. The van der Waals surface area contributed by atoms with Crippen molar-refractivity contribution in [3.63, 3.8) is 0 Å². The van der Waals surface area contributed by atoms with Crippen LogP contribution in [-0.4, -0.2) is 12.1 Å². The maximum absolute atomic E-state index is 12.7. The van der Waals surface area contributed by atoms with Gasteiger partial charge in [-0.1, -0.05) is 52.9 Å². The Morgan fingerprint density at radius 1 is 0.857 bits per heavy atom. The van der Waals surface area contributed by atoms with Gasteiger partial charge in [0.1, 0.15) is 6.10 Å². The molecule has 0 spiro atoms. The van der Waals surface area contributed by atoms with Crippen LogP contribution >= 0.6 is 0 Å². The highest BCUT2D eigenvalue weighted by atomic mass is 16.5.